The van der Waals surface area contributed by atoms with Crippen LogP contribution in [0.25, 0.3) is 0 Å². The summed E-state index contributed by atoms with van der Waals surface area (Å²) in [4.78, 5) is 0. The van der Waals surface area contributed by atoms with Crippen LogP contribution in [0.3, 0.4) is 0 Å². The second kappa shape index (κ2) is 6.61. The van der Waals surface area contributed by atoms with Gasteiger partial charge in [-0.25, -0.2) is 0 Å². The van der Waals surface area contributed by atoms with Crippen molar-refractivity contribution in [1.29, 1.82) is 0 Å². The van der Waals surface area contributed by atoms with Crippen molar-refractivity contribution >= 4 is 0 Å². The Morgan fingerprint density at radius 1 is 1.24 bits per heavy atom. The van der Waals surface area contributed by atoms with Crippen molar-refractivity contribution in [3.05, 3.63) is 47.0 Å². The Bertz CT molecular complexity index is 359. The molecule has 0 heterocycles. The molecule has 0 amide bonds. The maximum Gasteiger partial charge on any atom is 0.0107 e. The number of likely N-dealkylation sites (N-methyl/N-ethyl adjacent to an activating group) is 1. The van der Waals surface area contributed by atoms with Gasteiger partial charge in [0.1, 0.15) is 0 Å². The Balaban J connectivity index is 2.63. The van der Waals surface area contributed by atoms with Gasteiger partial charge in [0.2, 0.25) is 0 Å². The molecule has 0 radical (unpaired) electrons. The minimum atomic E-state index is 0.549. The smallest absolute Gasteiger partial charge is 0.0107 e. The highest BCUT2D eigenvalue weighted by atomic mass is 14.9. The third-order valence-electron chi connectivity index (χ3n) is 3.09. The molecule has 1 aromatic carbocycles. The molecule has 17 heavy (non-hydrogen) atoms. The van der Waals surface area contributed by atoms with Crippen molar-refractivity contribution in [2.24, 2.45) is 0 Å². The van der Waals surface area contributed by atoms with Gasteiger partial charge >= 0.3 is 0 Å². The van der Waals surface area contributed by atoms with Crippen LogP contribution in [0.2, 0.25) is 0 Å². The minimum Gasteiger partial charge on any atom is -0.317 e. The van der Waals surface area contributed by atoms with E-state index in [2.05, 4.69) is 50.9 Å². The first-order valence-electron chi connectivity index (χ1n) is 6.40. The summed E-state index contributed by atoms with van der Waals surface area (Å²) >= 11 is 0. The van der Waals surface area contributed by atoms with Gasteiger partial charge in [-0.2, -0.15) is 0 Å². The average molecular weight is 231 g/mol. The number of hydrogen-bond acceptors (Lipinski definition) is 1. The zero-order chi connectivity index (χ0) is 12.8. The minimum absolute atomic E-state index is 0.549. The van der Waals surface area contributed by atoms with Crippen molar-refractivity contribution in [3.8, 4) is 0 Å². The SMILES string of the molecule is C=C(C)CCC(Cc1cc(C)cc(C)c1)NC. The summed E-state index contributed by atoms with van der Waals surface area (Å²) in [5, 5.41) is 3.40. The molecule has 0 aromatic heterocycles. The van der Waals surface area contributed by atoms with Gasteiger partial charge in [0.25, 0.3) is 0 Å². The lowest BCUT2D eigenvalue weighted by Gasteiger charge is -2.17. The molecule has 1 atom stereocenters. The highest BCUT2D eigenvalue weighted by Crippen LogP contribution is 2.14. The van der Waals surface area contributed by atoms with Gasteiger partial charge < -0.3 is 5.32 Å². The Hall–Kier alpha value is -1.08. The molecular weight excluding hydrogens is 206 g/mol. The van der Waals surface area contributed by atoms with Crippen LogP contribution in [0.4, 0.5) is 0 Å². The third kappa shape index (κ3) is 5.18. The second-order valence-electron chi connectivity index (χ2n) is 5.18. The Morgan fingerprint density at radius 3 is 2.29 bits per heavy atom. The molecule has 1 N–H and O–H groups in total. The lowest BCUT2D eigenvalue weighted by atomic mass is 9.97. The number of allylic oxidation sites excluding steroid dienone is 1. The van der Waals surface area contributed by atoms with Crippen LogP contribution in [-0.2, 0) is 6.42 Å². The maximum atomic E-state index is 3.97. The Kier molecular flexibility index (Phi) is 5.43. The molecule has 0 bridgehead atoms. The predicted molar refractivity (Wildman–Crippen MR) is 76.5 cm³/mol. The van der Waals surface area contributed by atoms with E-state index < -0.39 is 0 Å². The zero-order valence-electron chi connectivity index (χ0n) is 11.6. The van der Waals surface area contributed by atoms with Crippen molar-refractivity contribution < 1.29 is 0 Å². The molecule has 94 valence electrons. The number of aryl methyl sites for hydroxylation is 2. The molecule has 1 unspecified atom stereocenters. The fraction of sp³-hybridized carbons (Fsp3) is 0.500. The molecular formula is C16H25N. The molecule has 1 nitrogen and oxygen atoms in total. The molecule has 1 heteroatoms. The molecule has 0 fully saturated rings. The molecule has 0 aliphatic heterocycles. The second-order valence-corrected chi connectivity index (χ2v) is 5.18. The van der Waals surface area contributed by atoms with E-state index in [-0.39, 0.29) is 0 Å². The fourth-order valence-electron chi connectivity index (χ4n) is 2.24. The summed E-state index contributed by atoms with van der Waals surface area (Å²) < 4.78 is 0. The first-order valence-corrected chi connectivity index (χ1v) is 6.40. The molecule has 1 rings (SSSR count). The molecule has 0 spiro atoms. The topological polar surface area (TPSA) is 12.0 Å². The summed E-state index contributed by atoms with van der Waals surface area (Å²) in [5.41, 5.74) is 5.42. The highest BCUT2D eigenvalue weighted by Gasteiger charge is 2.07. The number of nitrogens with one attached hydrogen (secondary N) is 1. The van der Waals surface area contributed by atoms with Crippen molar-refractivity contribution in [2.75, 3.05) is 7.05 Å². The van der Waals surface area contributed by atoms with E-state index in [1.807, 2.05) is 7.05 Å². The van der Waals surface area contributed by atoms with E-state index in [1.54, 1.807) is 0 Å². The van der Waals surface area contributed by atoms with Crippen LogP contribution < -0.4 is 5.32 Å². The summed E-state index contributed by atoms with van der Waals surface area (Å²) in [7, 11) is 2.05. The zero-order valence-corrected chi connectivity index (χ0v) is 11.6. The van der Waals surface area contributed by atoms with Gasteiger partial charge in [0.15, 0.2) is 0 Å². The van der Waals surface area contributed by atoms with Gasteiger partial charge in [-0.1, -0.05) is 34.9 Å². The van der Waals surface area contributed by atoms with Crippen LogP contribution in [0.5, 0.6) is 0 Å². The number of benzene rings is 1. The molecule has 1 aromatic rings. The fourth-order valence-corrected chi connectivity index (χ4v) is 2.24. The third-order valence-corrected chi connectivity index (χ3v) is 3.09. The van der Waals surface area contributed by atoms with Crippen LogP contribution in [0.1, 0.15) is 36.5 Å². The number of rotatable bonds is 6. The van der Waals surface area contributed by atoms with Gasteiger partial charge in [-0.05, 0) is 52.6 Å². The van der Waals surface area contributed by atoms with Crippen molar-refractivity contribution in [3.63, 3.8) is 0 Å². The quantitative estimate of drug-likeness (QED) is 0.734. The Morgan fingerprint density at radius 2 is 1.82 bits per heavy atom. The van der Waals surface area contributed by atoms with E-state index >= 15 is 0 Å². The van der Waals surface area contributed by atoms with Crippen LogP contribution in [-0.4, -0.2) is 13.1 Å². The standard InChI is InChI=1S/C16H25N/c1-12(2)6-7-16(17-5)11-15-9-13(3)8-14(4)10-15/h8-10,16-17H,1,6-7,11H2,2-5H3. The maximum absolute atomic E-state index is 3.97. The summed E-state index contributed by atoms with van der Waals surface area (Å²) in [6.45, 7) is 10.4. The summed E-state index contributed by atoms with van der Waals surface area (Å²) in [5.74, 6) is 0. The van der Waals surface area contributed by atoms with Crippen molar-refractivity contribution in [1.82, 2.24) is 5.32 Å². The van der Waals surface area contributed by atoms with E-state index in [0.29, 0.717) is 6.04 Å². The molecule has 0 aliphatic carbocycles. The van der Waals surface area contributed by atoms with Gasteiger partial charge in [-0.15, -0.1) is 6.58 Å². The monoisotopic (exact) mass is 231 g/mol. The highest BCUT2D eigenvalue weighted by molar-refractivity contribution is 5.29. The van der Waals surface area contributed by atoms with Crippen LogP contribution >= 0.6 is 0 Å². The predicted octanol–water partition coefficient (Wildman–Crippen LogP) is 3.79. The lowest BCUT2D eigenvalue weighted by molar-refractivity contribution is 0.519. The largest absolute Gasteiger partial charge is 0.317 e. The van der Waals surface area contributed by atoms with Crippen LogP contribution in [0.15, 0.2) is 30.4 Å². The normalized spacial score (nSPS) is 12.5. The molecule has 0 saturated heterocycles. The first kappa shape index (κ1) is 14.0. The molecule has 0 saturated carbocycles. The van der Waals surface area contributed by atoms with E-state index in [1.165, 1.54) is 28.7 Å². The summed E-state index contributed by atoms with van der Waals surface area (Å²) in [6, 6.07) is 7.36. The number of hydrogen-bond donors (Lipinski definition) is 1. The van der Waals surface area contributed by atoms with Crippen LogP contribution in [0, 0.1) is 13.8 Å². The first-order chi connectivity index (χ1) is 8.01. The van der Waals surface area contributed by atoms with E-state index in [9.17, 15) is 0 Å². The summed E-state index contributed by atoms with van der Waals surface area (Å²) in [6.07, 6.45) is 3.38. The lowest BCUT2D eigenvalue weighted by Crippen LogP contribution is -2.27. The molecule has 0 aliphatic rings. The van der Waals surface area contributed by atoms with Crippen molar-refractivity contribution in [2.45, 2.75) is 46.1 Å². The van der Waals surface area contributed by atoms with E-state index in [0.717, 1.165) is 12.8 Å². The Labute approximate surface area is 106 Å². The average Bonchev–Trinajstić information content (AvgIpc) is 2.22. The van der Waals surface area contributed by atoms with Gasteiger partial charge in [0.05, 0.1) is 0 Å². The van der Waals surface area contributed by atoms with Gasteiger partial charge in [-0.3, -0.25) is 0 Å². The van der Waals surface area contributed by atoms with Gasteiger partial charge in [0, 0.05) is 6.04 Å². The van der Waals surface area contributed by atoms with E-state index in [4.69, 9.17) is 0 Å².